The molecule has 0 spiro atoms. The highest BCUT2D eigenvalue weighted by molar-refractivity contribution is 6.11. The van der Waals surface area contributed by atoms with Crippen molar-refractivity contribution in [2.45, 2.75) is 65.1 Å². The molecule has 0 saturated carbocycles. The fourth-order valence-electron chi connectivity index (χ4n) is 2.62. The lowest BCUT2D eigenvalue weighted by Gasteiger charge is -2.21. The van der Waals surface area contributed by atoms with Crippen LogP contribution in [0.5, 0.6) is 0 Å². The van der Waals surface area contributed by atoms with E-state index >= 15 is 0 Å². The largest absolute Gasteiger partial charge is 0.384 e. The van der Waals surface area contributed by atoms with E-state index in [0.29, 0.717) is 18.1 Å². The minimum atomic E-state index is 0.466. The van der Waals surface area contributed by atoms with Gasteiger partial charge in [-0.05, 0) is 37.6 Å². The van der Waals surface area contributed by atoms with Crippen LogP contribution in [0.15, 0.2) is 0 Å². The van der Waals surface area contributed by atoms with Crippen LogP contribution in [-0.4, -0.2) is 32.5 Å². The molecule has 1 aliphatic heterocycles. The lowest BCUT2D eigenvalue weighted by molar-refractivity contribution is 0.0544. The second-order valence-electron chi connectivity index (χ2n) is 6.01. The standard InChI is InChI=1S/C13H28BNO/c1-9(2)7-12-11(8-13(14)16-12)5-6-15-10(3)4/h9-13,15H,5-8,14H2,1-4H3/t11-,12-,13-/m1/s1. The molecule has 0 aliphatic carbocycles. The van der Waals surface area contributed by atoms with Gasteiger partial charge >= 0.3 is 0 Å². The third-order valence-corrected chi connectivity index (χ3v) is 3.34. The molecule has 0 unspecified atom stereocenters. The van der Waals surface area contributed by atoms with Gasteiger partial charge < -0.3 is 10.1 Å². The van der Waals surface area contributed by atoms with Gasteiger partial charge in [-0.15, -0.1) is 0 Å². The average Bonchev–Trinajstić information content (AvgIpc) is 2.44. The van der Waals surface area contributed by atoms with Crippen molar-refractivity contribution in [3.05, 3.63) is 0 Å². The number of hydrogen-bond acceptors (Lipinski definition) is 2. The van der Waals surface area contributed by atoms with E-state index in [0.717, 1.165) is 18.4 Å². The molecule has 1 rings (SSSR count). The maximum Gasteiger partial charge on any atom is 0.139 e. The first-order valence-electron chi connectivity index (χ1n) is 6.87. The Morgan fingerprint density at radius 2 is 2.00 bits per heavy atom. The van der Waals surface area contributed by atoms with Gasteiger partial charge in [0.1, 0.15) is 7.85 Å². The second kappa shape index (κ2) is 6.66. The Labute approximate surface area is 102 Å². The Hall–Kier alpha value is -0.0151. The molecule has 0 bridgehead atoms. The molecule has 1 aliphatic rings. The first kappa shape index (κ1) is 14.0. The minimum absolute atomic E-state index is 0.466. The Bertz CT molecular complexity index is 196. The molecule has 0 aromatic heterocycles. The smallest absolute Gasteiger partial charge is 0.139 e. The predicted molar refractivity (Wildman–Crippen MR) is 72.5 cm³/mol. The maximum absolute atomic E-state index is 6.01. The Kier molecular flexibility index (Phi) is 5.84. The van der Waals surface area contributed by atoms with Crippen molar-refractivity contribution < 1.29 is 4.74 Å². The molecule has 1 fully saturated rings. The van der Waals surface area contributed by atoms with E-state index in [9.17, 15) is 0 Å². The average molecular weight is 225 g/mol. The molecule has 1 heterocycles. The molecule has 94 valence electrons. The Balaban J connectivity index is 2.31. The Morgan fingerprint density at radius 1 is 1.31 bits per heavy atom. The van der Waals surface area contributed by atoms with Gasteiger partial charge in [-0.2, -0.15) is 0 Å². The van der Waals surface area contributed by atoms with Gasteiger partial charge in [0.05, 0.1) is 6.10 Å². The van der Waals surface area contributed by atoms with Gasteiger partial charge in [0, 0.05) is 12.0 Å². The lowest BCUT2D eigenvalue weighted by Crippen LogP contribution is -2.28. The van der Waals surface area contributed by atoms with Crippen molar-refractivity contribution in [1.29, 1.82) is 0 Å². The highest BCUT2D eigenvalue weighted by atomic mass is 16.5. The van der Waals surface area contributed by atoms with Crippen LogP contribution < -0.4 is 5.32 Å². The van der Waals surface area contributed by atoms with E-state index in [1.54, 1.807) is 0 Å². The normalized spacial score (nSPS) is 30.5. The van der Waals surface area contributed by atoms with Crippen LogP contribution in [0.25, 0.3) is 0 Å². The summed E-state index contributed by atoms with van der Waals surface area (Å²) in [5.74, 6) is 1.51. The van der Waals surface area contributed by atoms with Crippen LogP contribution in [-0.2, 0) is 4.74 Å². The summed E-state index contributed by atoms with van der Waals surface area (Å²) in [4.78, 5) is 0. The number of hydrogen-bond donors (Lipinski definition) is 1. The van der Waals surface area contributed by atoms with E-state index in [1.807, 2.05) is 0 Å². The van der Waals surface area contributed by atoms with Crippen molar-refractivity contribution in [1.82, 2.24) is 5.32 Å². The number of ether oxygens (including phenoxy) is 1. The van der Waals surface area contributed by atoms with Crippen LogP contribution in [0.1, 0.15) is 47.0 Å². The summed E-state index contributed by atoms with van der Waals surface area (Å²) < 4.78 is 6.01. The van der Waals surface area contributed by atoms with Crippen molar-refractivity contribution in [2.75, 3.05) is 6.54 Å². The van der Waals surface area contributed by atoms with E-state index < -0.39 is 0 Å². The molecule has 0 radical (unpaired) electrons. The predicted octanol–water partition coefficient (Wildman–Crippen LogP) is 1.78. The molecule has 1 saturated heterocycles. The van der Waals surface area contributed by atoms with Crippen molar-refractivity contribution in [3.8, 4) is 0 Å². The second-order valence-corrected chi connectivity index (χ2v) is 6.01. The van der Waals surface area contributed by atoms with Crippen molar-refractivity contribution >= 4 is 7.85 Å². The zero-order valence-corrected chi connectivity index (χ0v) is 11.6. The highest BCUT2D eigenvalue weighted by Crippen LogP contribution is 2.31. The third-order valence-electron chi connectivity index (χ3n) is 3.34. The summed E-state index contributed by atoms with van der Waals surface area (Å²) in [5.41, 5.74) is 0. The lowest BCUT2D eigenvalue weighted by atomic mass is 9.86. The minimum Gasteiger partial charge on any atom is -0.384 e. The molecule has 0 aromatic carbocycles. The van der Waals surface area contributed by atoms with E-state index in [1.165, 1.54) is 19.3 Å². The van der Waals surface area contributed by atoms with Crippen LogP contribution in [0.3, 0.4) is 0 Å². The van der Waals surface area contributed by atoms with E-state index in [4.69, 9.17) is 4.74 Å². The molecule has 3 atom stereocenters. The summed E-state index contributed by atoms with van der Waals surface area (Å²) in [5, 5.41) is 3.51. The van der Waals surface area contributed by atoms with Crippen molar-refractivity contribution in [3.63, 3.8) is 0 Å². The summed E-state index contributed by atoms with van der Waals surface area (Å²) >= 11 is 0. The molecule has 1 N–H and O–H groups in total. The molecule has 0 amide bonds. The third kappa shape index (κ3) is 4.88. The molecule has 2 nitrogen and oxygen atoms in total. The van der Waals surface area contributed by atoms with Gasteiger partial charge in [-0.25, -0.2) is 0 Å². The zero-order chi connectivity index (χ0) is 12.1. The molecule has 16 heavy (non-hydrogen) atoms. The van der Waals surface area contributed by atoms with Gasteiger partial charge in [-0.1, -0.05) is 27.7 Å². The van der Waals surface area contributed by atoms with Crippen LogP contribution in [0, 0.1) is 11.8 Å². The number of rotatable bonds is 6. The topological polar surface area (TPSA) is 21.3 Å². The van der Waals surface area contributed by atoms with Gasteiger partial charge in [-0.3, -0.25) is 0 Å². The van der Waals surface area contributed by atoms with Gasteiger partial charge in [0.2, 0.25) is 0 Å². The van der Waals surface area contributed by atoms with Crippen LogP contribution in [0.4, 0.5) is 0 Å². The highest BCUT2D eigenvalue weighted by Gasteiger charge is 2.32. The summed E-state index contributed by atoms with van der Waals surface area (Å²) in [6, 6.07) is 1.07. The SMILES string of the molecule is B[C@H]1C[C@@H](CCNC(C)C)[C@@H](CC(C)C)O1. The van der Waals surface area contributed by atoms with Crippen LogP contribution >= 0.6 is 0 Å². The fourth-order valence-corrected chi connectivity index (χ4v) is 2.62. The monoisotopic (exact) mass is 225 g/mol. The molecular formula is C13H28BNO. The molecule has 0 aromatic rings. The summed E-state index contributed by atoms with van der Waals surface area (Å²) in [6.07, 6.45) is 4.23. The molecule has 3 heteroatoms. The van der Waals surface area contributed by atoms with Crippen LogP contribution in [0.2, 0.25) is 0 Å². The van der Waals surface area contributed by atoms with E-state index in [-0.39, 0.29) is 0 Å². The van der Waals surface area contributed by atoms with Gasteiger partial charge in [0.15, 0.2) is 0 Å². The first-order chi connectivity index (χ1) is 7.49. The maximum atomic E-state index is 6.01. The quantitative estimate of drug-likeness (QED) is 0.696. The van der Waals surface area contributed by atoms with Crippen molar-refractivity contribution in [2.24, 2.45) is 11.8 Å². The summed E-state index contributed by atoms with van der Waals surface area (Å²) in [7, 11) is 2.21. The number of nitrogens with one attached hydrogen (secondary N) is 1. The molecular weight excluding hydrogens is 197 g/mol. The van der Waals surface area contributed by atoms with Gasteiger partial charge in [0.25, 0.3) is 0 Å². The fraction of sp³-hybridized carbons (Fsp3) is 1.00. The van der Waals surface area contributed by atoms with E-state index in [2.05, 4.69) is 40.9 Å². The zero-order valence-electron chi connectivity index (χ0n) is 11.6. The summed E-state index contributed by atoms with van der Waals surface area (Å²) in [6.45, 7) is 10.1. The Morgan fingerprint density at radius 3 is 2.56 bits per heavy atom. The first-order valence-corrected chi connectivity index (χ1v) is 6.87.